The lowest BCUT2D eigenvalue weighted by atomic mass is 10.0. The highest BCUT2D eigenvalue weighted by Gasteiger charge is 2.23. The Hall–Kier alpha value is -4.69. The van der Waals surface area contributed by atoms with E-state index in [4.69, 9.17) is 4.74 Å². The van der Waals surface area contributed by atoms with Gasteiger partial charge in [-0.15, -0.1) is 0 Å². The molecule has 6 heterocycles. The van der Waals surface area contributed by atoms with Crippen LogP contribution in [0.3, 0.4) is 0 Å². The molecule has 50 heavy (non-hydrogen) atoms. The number of fused-ring (bicyclic) bond motifs is 1. The number of carbonyl (C=O) groups is 2. The van der Waals surface area contributed by atoms with Gasteiger partial charge in [0.15, 0.2) is 6.29 Å². The predicted octanol–water partition coefficient (Wildman–Crippen LogP) is 2.94. The van der Waals surface area contributed by atoms with Crippen LogP contribution in [-0.2, 0) is 16.1 Å². The van der Waals surface area contributed by atoms with Crippen molar-refractivity contribution in [2.75, 3.05) is 89.4 Å². The van der Waals surface area contributed by atoms with E-state index < -0.39 is 0 Å². The third-order valence-corrected chi connectivity index (χ3v) is 9.36. The van der Waals surface area contributed by atoms with E-state index >= 15 is 0 Å². The topological polar surface area (TPSA) is 144 Å². The number of hydrogen-bond acceptors (Lipinski definition) is 11. The van der Waals surface area contributed by atoms with E-state index in [9.17, 15) is 9.59 Å². The molecule has 0 bridgehead atoms. The van der Waals surface area contributed by atoms with Crippen LogP contribution in [0.1, 0.15) is 28.9 Å². The van der Waals surface area contributed by atoms with E-state index in [1.165, 1.54) is 0 Å². The first kappa shape index (κ1) is 35.1. The van der Waals surface area contributed by atoms with E-state index in [1.54, 1.807) is 12.5 Å². The molecule has 0 radical (unpaired) electrons. The molecule has 3 saturated heterocycles. The summed E-state index contributed by atoms with van der Waals surface area (Å²) in [6.45, 7) is 14.3. The minimum atomic E-state index is -0.0347. The monoisotopic (exact) mass is 680 g/mol. The highest BCUT2D eigenvalue weighted by molar-refractivity contribution is 5.93. The van der Waals surface area contributed by atoms with Crippen molar-refractivity contribution in [3.8, 4) is 11.3 Å². The minimum absolute atomic E-state index is 0.0347. The van der Waals surface area contributed by atoms with Gasteiger partial charge in [-0.1, -0.05) is 18.7 Å². The van der Waals surface area contributed by atoms with E-state index in [-0.39, 0.29) is 11.9 Å². The van der Waals surface area contributed by atoms with Crippen LogP contribution in [-0.4, -0.2) is 127 Å². The first-order valence-electron chi connectivity index (χ1n) is 17.5. The molecular formula is C37H48N10O3. The molecule has 3 aromatic heterocycles. The summed E-state index contributed by atoms with van der Waals surface area (Å²) in [5, 5.41) is 10.7. The lowest BCUT2D eigenvalue weighted by Crippen LogP contribution is -2.49. The molecule has 1 aromatic carbocycles. The number of anilines is 2. The highest BCUT2D eigenvalue weighted by atomic mass is 16.5. The second-order valence-electron chi connectivity index (χ2n) is 13.0. The summed E-state index contributed by atoms with van der Waals surface area (Å²) in [6, 6.07) is 14.4. The second kappa shape index (κ2) is 17.3. The number of aromatic amines is 1. The molecule has 3 fully saturated rings. The second-order valence-corrected chi connectivity index (χ2v) is 13.0. The van der Waals surface area contributed by atoms with E-state index in [1.807, 2.05) is 19.2 Å². The zero-order chi connectivity index (χ0) is 34.7. The smallest absolute Gasteiger partial charge is 0.248 e. The third kappa shape index (κ3) is 9.30. The van der Waals surface area contributed by atoms with Crippen molar-refractivity contribution >= 4 is 34.7 Å². The van der Waals surface area contributed by atoms with E-state index in [2.05, 4.69) is 87.5 Å². The molecule has 264 valence electrons. The van der Waals surface area contributed by atoms with Gasteiger partial charge in [-0.05, 0) is 60.8 Å². The number of H-pyrrole nitrogens is 1. The van der Waals surface area contributed by atoms with E-state index in [0.717, 1.165) is 131 Å². The molecule has 13 nitrogen and oxygen atoms in total. The lowest BCUT2D eigenvalue weighted by molar-refractivity contribution is -0.118. The van der Waals surface area contributed by atoms with Crippen LogP contribution in [0.15, 0.2) is 67.1 Å². The number of likely N-dealkylation sites (tertiary alicyclic amines) is 1. The number of aromatic nitrogens is 4. The number of carbonyl (C=O) groups excluding carboxylic acids is 2. The summed E-state index contributed by atoms with van der Waals surface area (Å²) in [5.41, 5.74) is 6.32. The summed E-state index contributed by atoms with van der Waals surface area (Å²) >= 11 is 0. The van der Waals surface area contributed by atoms with Crippen molar-refractivity contribution < 1.29 is 14.3 Å². The van der Waals surface area contributed by atoms with E-state index in [0.29, 0.717) is 17.8 Å². The van der Waals surface area contributed by atoms with Crippen LogP contribution < -0.4 is 20.9 Å². The molecule has 0 saturated carbocycles. The summed E-state index contributed by atoms with van der Waals surface area (Å²) in [5.74, 6) is 0.945. The fourth-order valence-corrected chi connectivity index (χ4v) is 6.66. The molecule has 1 amide bonds. The van der Waals surface area contributed by atoms with Crippen LogP contribution in [0.4, 0.5) is 11.5 Å². The fraction of sp³-hybridized carbons (Fsp3) is 0.432. The Morgan fingerprint density at radius 3 is 2.58 bits per heavy atom. The Labute approximate surface area is 293 Å². The molecular weight excluding hydrogens is 632 g/mol. The van der Waals surface area contributed by atoms with Gasteiger partial charge in [-0.25, -0.2) is 9.97 Å². The number of morpholine rings is 1. The summed E-state index contributed by atoms with van der Waals surface area (Å²) in [4.78, 5) is 46.5. The standard InChI is InChI=1S/C20H29N5O2.C17H19N5O/c1-16(12-24-9-6-21-7-10-24)20(27)23-18-3-2-8-25(14-18)13-17-4-5-22-19(11-17)15-26;1-18-13-4-2-12(3-5-13)15-10-14-16(21-15)19-11-20-17(14)22-6-8-23-9-7-22/h4-5,11,15,18,21H,1-3,6-10,12-14H2,(H,23,27);2-5,10-11,18H,6-9H2,1H3,(H,19,20,21). The van der Waals surface area contributed by atoms with Crippen molar-refractivity contribution in [2.45, 2.75) is 25.4 Å². The van der Waals surface area contributed by atoms with Crippen molar-refractivity contribution in [2.24, 2.45) is 0 Å². The molecule has 1 atom stereocenters. The van der Waals surface area contributed by atoms with Crippen LogP contribution in [0.2, 0.25) is 0 Å². The summed E-state index contributed by atoms with van der Waals surface area (Å²) in [6.07, 6.45) is 6.09. The Balaban J connectivity index is 0.000000175. The maximum absolute atomic E-state index is 12.5. The van der Waals surface area contributed by atoms with Gasteiger partial charge in [0, 0.05) is 95.1 Å². The molecule has 13 heteroatoms. The zero-order valence-electron chi connectivity index (χ0n) is 28.9. The maximum atomic E-state index is 12.5. The van der Waals surface area contributed by atoms with Crippen molar-refractivity contribution in [1.29, 1.82) is 0 Å². The number of aldehydes is 1. The average molecular weight is 681 g/mol. The third-order valence-electron chi connectivity index (χ3n) is 9.36. The number of nitrogens with zero attached hydrogens (tertiary/aromatic N) is 6. The number of piperidine rings is 1. The number of nitrogens with one attached hydrogen (secondary N) is 4. The number of piperazine rings is 1. The molecule has 7 rings (SSSR count). The zero-order valence-corrected chi connectivity index (χ0v) is 28.9. The van der Waals surface area contributed by atoms with Crippen molar-refractivity contribution in [3.05, 3.63) is 78.4 Å². The van der Waals surface area contributed by atoms with Gasteiger partial charge >= 0.3 is 0 Å². The largest absolute Gasteiger partial charge is 0.388 e. The Morgan fingerprint density at radius 2 is 1.82 bits per heavy atom. The van der Waals surface area contributed by atoms with Gasteiger partial charge in [0.2, 0.25) is 5.91 Å². The molecule has 3 aliphatic rings. The maximum Gasteiger partial charge on any atom is 0.248 e. The van der Waals surface area contributed by atoms with Crippen LogP contribution in [0, 0.1) is 0 Å². The van der Waals surface area contributed by atoms with Gasteiger partial charge in [0.1, 0.15) is 23.5 Å². The lowest BCUT2D eigenvalue weighted by Gasteiger charge is -2.33. The van der Waals surface area contributed by atoms with Gasteiger partial charge in [0.25, 0.3) is 0 Å². The van der Waals surface area contributed by atoms with Gasteiger partial charge in [0.05, 0.1) is 18.6 Å². The first-order chi connectivity index (χ1) is 24.5. The molecule has 0 aliphatic carbocycles. The Kier molecular flexibility index (Phi) is 12.2. The predicted molar refractivity (Wildman–Crippen MR) is 196 cm³/mol. The number of hydrogen-bond donors (Lipinski definition) is 4. The molecule has 3 aliphatic heterocycles. The molecule has 4 aromatic rings. The summed E-state index contributed by atoms with van der Waals surface area (Å²) in [7, 11) is 1.92. The number of benzene rings is 1. The number of pyridine rings is 1. The first-order valence-corrected chi connectivity index (χ1v) is 17.5. The van der Waals surface area contributed by atoms with Crippen LogP contribution in [0.5, 0.6) is 0 Å². The Morgan fingerprint density at radius 1 is 1.02 bits per heavy atom. The van der Waals surface area contributed by atoms with Crippen LogP contribution in [0.25, 0.3) is 22.3 Å². The Bertz CT molecular complexity index is 1730. The van der Waals surface area contributed by atoms with Crippen molar-refractivity contribution in [1.82, 2.24) is 40.4 Å². The number of rotatable bonds is 10. The minimum Gasteiger partial charge on any atom is -0.388 e. The SMILES string of the molecule is C=C(CN1CCNCC1)C(=O)NC1CCCN(Cc2ccnc(C=O)c2)C1.CNc1ccc(-c2cc3c(N4CCOCC4)ncnc3[nH]2)cc1. The summed E-state index contributed by atoms with van der Waals surface area (Å²) < 4.78 is 5.43. The van der Waals surface area contributed by atoms with Gasteiger partial charge in [-0.2, -0.15) is 0 Å². The fourth-order valence-electron chi connectivity index (χ4n) is 6.66. The van der Waals surface area contributed by atoms with Gasteiger partial charge < -0.3 is 30.6 Å². The van der Waals surface area contributed by atoms with Crippen LogP contribution >= 0.6 is 0 Å². The number of ether oxygens (including phenoxy) is 1. The molecule has 1 unspecified atom stereocenters. The van der Waals surface area contributed by atoms with Gasteiger partial charge in [-0.3, -0.25) is 24.4 Å². The average Bonchev–Trinajstić information content (AvgIpc) is 3.61. The van der Waals surface area contributed by atoms with Crippen molar-refractivity contribution in [3.63, 3.8) is 0 Å². The highest BCUT2D eigenvalue weighted by Crippen LogP contribution is 2.29. The molecule has 0 spiro atoms. The normalized spacial score (nSPS) is 18.6. The molecule has 4 N–H and O–H groups in total. The quantitative estimate of drug-likeness (QED) is 0.145. The number of amides is 1.